The molecule has 5 rings (SSSR count). The summed E-state index contributed by atoms with van der Waals surface area (Å²) < 4.78 is 20.8. The molecule has 1 aromatic carbocycles. The number of nitrogens with zero attached hydrogens (tertiary/aromatic N) is 2. The normalized spacial score (nSPS) is 22.8. The Kier molecular flexibility index (Phi) is 13.2. The molecule has 1 aliphatic heterocycles. The van der Waals surface area contributed by atoms with E-state index in [4.69, 9.17) is 14.2 Å². The molecule has 0 spiro atoms. The van der Waals surface area contributed by atoms with Gasteiger partial charge < -0.3 is 34.9 Å². The second-order valence-electron chi connectivity index (χ2n) is 16.7. The molecule has 2 aromatic rings. The van der Waals surface area contributed by atoms with Crippen molar-refractivity contribution < 1.29 is 38.5 Å². The van der Waals surface area contributed by atoms with Crippen molar-refractivity contribution >= 4 is 46.7 Å². The molecule has 4 N–H and O–H groups in total. The maximum Gasteiger partial charge on any atom is 0.408 e. The van der Waals surface area contributed by atoms with E-state index in [9.17, 15) is 24.3 Å². The Morgan fingerprint density at radius 2 is 1.89 bits per heavy atom. The van der Waals surface area contributed by atoms with E-state index in [1.807, 2.05) is 19.9 Å². The highest BCUT2D eigenvalue weighted by atomic mass is 32.2. The third-order valence-corrected chi connectivity index (χ3v) is 11.4. The van der Waals surface area contributed by atoms with Gasteiger partial charge in [-0.2, -0.15) is 0 Å². The van der Waals surface area contributed by atoms with Crippen molar-refractivity contribution in [2.45, 2.75) is 147 Å². The number of carbonyl (C=O) groups excluding carboxylic acids is 4. The first-order chi connectivity index (χ1) is 25.9. The van der Waals surface area contributed by atoms with Gasteiger partial charge in [0, 0.05) is 34.1 Å². The van der Waals surface area contributed by atoms with Crippen molar-refractivity contribution in [2.24, 2.45) is 5.92 Å². The van der Waals surface area contributed by atoms with Crippen LogP contribution in [0.25, 0.3) is 10.9 Å². The number of hydrogen-bond acceptors (Lipinski definition) is 10. The zero-order valence-corrected chi connectivity index (χ0v) is 34.4. The third-order valence-electron chi connectivity index (χ3n) is 10.2. The molecule has 4 atom stereocenters. The fraction of sp³-hybridized carbons (Fsp3) is 0.634. The van der Waals surface area contributed by atoms with E-state index in [1.165, 1.54) is 23.3 Å². The number of benzene rings is 1. The molecule has 1 aromatic heterocycles. The van der Waals surface area contributed by atoms with Gasteiger partial charge in [0.1, 0.15) is 41.3 Å². The molecule has 302 valence electrons. The van der Waals surface area contributed by atoms with Crippen LogP contribution in [0, 0.1) is 12.8 Å². The van der Waals surface area contributed by atoms with Crippen LogP contribution in [-0.4, -0.2) is 86.0 Å². The number of aryl methyl sites for hydroxylation is 1. The van der Waals surface area contributed by atoms with Gasteiger partial charge >= 0.3 is 6.09 Å². The SMILES string of the molecule is CCCCCC/C=C\C1C[C@]1(NC(=O)C1C[C@@H](Oc2cc(OC(C)C)nc3c(C)c(O)ccc23)CN1C(=O)CNC(=O)OC(C)(C)C)C(=O)NSC1(C)CC1. The topological polar surface area (TPSA) is 168 Å². The molecule has 4 amide bonds. The van der Waals surface area contributed by atoms with Crippen LogP contribution in [-0.2, 0) is 19.1 Å². The fourth-order valence-electron chi connectivity index (χ4n) is 6.69. The Morgan fingerprint density at radius 1 is 1.15 bits per heavy atom. The molecule has 2 aliphatic carbocycles. The lowest BCUT2D eigenvalue weighted by molar-refractivity contribution is -0.139. The van der Waals surface area contributed by atoms with E-state index in [0.29, 0.717) is 34.5 Å². The number of alkyl carbamates (subject to hydrolysis) is 1. The van der Waals surface area contributed by atoms with Crippen LogP contribution in [0.5, 0.6) is 17.4 Å². The minimum atomic E-state index is -1.15. The standard InChI is InChI=1S/C41H59N5O8S/c1-9-10-11-12-13-14-15-27-22-41(27,37(50)45-55-40(8)18-19-40)44-36(49)30-20-28(24-46(30)34(48)23-42-38(51)54-39(5,6)7)53-32-21-33(52-25(2)3)43-35-26(4)31(47)17-16-29(32)35/h14-17,21,25,27-28,30,47H,9-13,18-20,22-24H2,1-8H3,(H,42,51)(H,44,49)(H,45,50)/b15-14-/t27?,28-,30?,41-/m1/s1. The number of pyridine rings is 1. The van der Waals surface area contributed by atoms with Crippen LogP contribution in [0.3, 0.4) is 0 Å². The quantitative estimate of drug-likeness (QED) is 0.0777. The molecule has 55 heavy (non-hydrogen) atoms. The van der Waals surface area contributed by atoms with Gasteiger partial charge in [0.05, 0.1) is 18.2 Å². The highest BCUT2D eigenvalue weighted by molar-refractivity contribution is 7.99. The maximum atomic E-state index is 14.4. The predicted octanol–water partition coefficient (Wildman–Crippen LogP) is 6.63. The molecular weight excluding hydrogens is 723 g/mol. The number of hydrogen-bond donors (Lipinski definition) is 4. The molecule has 1 saturated heterocycles. The Hall–Kier alpha value is -4.20. The van der Waals surface area contributed by atoms with Crippen LogP contribution in [0.4, 0.5) is 4.79 Å². The van der Waals surface area contributed by atoms with Gasteiger partial charge in [-0.3, -0.25) is 19.1 Å². The van der Waals surface area contributed by atoms with E-state index >= 15 is 0 Å². The van der Waals surface area contributed by atoms with Gasteiger partial charge in [-0.25, -0.2) is 9.78 Å². The second-order valence-corrected chi connectivity index (χ2v) is 18.0. The Balaban J connectivity index is 1.39. The molecule has 13 nitrogen and oxygen atoms in total. The monoisotopic (exact) mass is 781 g/mol. The summed E-state index contributed by atoms with van der Waals surface area (Å²) in [4.78, 5) is 60.6. The van der Waals surface area contributed by atoms with Crippen LogP contribution < -0.4 is 24.8 Å². The zero-order valence-electron chi connectivity index (χ0n) is 33.6. The molecule has 3 fully saturated rings. The smallest absolute Gasteiger partial charge is 0.408 e. The first-order valence-electron chi connectivity index (χ1n) is 19.6. The van der Waals surface area contributed by atoms with Gasteiger partial charge in [-0.05, 0) is 105 Å². The third kappa shape index (κ3) is 11.0. The van der Waals surface area contributed by atoms with E-state index < -0.39 is 47.7 Å². The summed E-state index contributed by atoms with van der Waals surface area (Å²) in [6.07, 6.45) is 10.6. The van der Waals surface area contributed by atoms with Crippen molar-refractivity contribution in [1.29, 1.82) is 0 Å². The number of allylic oxidation sites excluding steroid dienone is 1. The Morgan fingerprint density at radius 3 is 2.56 bits per heavy atom. The first kappa shape index (κ1) is 42.0. The highest BCUT2D eigenvalue weighted by Crippen LogP contribution is 2.49. The second kappa shape index (κ2) is 17.3. The van der Waals surface area contributed by atoms with Gasteiger partial charge in [0.15, 0.2) is 0 Å². The number of aromatic hydroxyl groups is 1. The highest BCUT2D eigenvalue weighted by Gasteiger charge is 2.61. The van der Waals surface area contributed by atoms with Crippen molar-refractivity contribution in [3.63, 3.8) is 0 Å². The van der Waals surface area contributed by atoms with Crippen molar-refractivity contribution in [3.05, 3.63) is 35.9 Å². The number of likely N-dealkylation sites (tertiary alicyclic amines) is 1. The Labute approximate surface area is 329 Å². The number of phenolic OH excluding ortho intramolecular Hbond substituents is 1. The fourth-order valence-corrected chi connectivity index (χ4v) is 7.51. The lowest BCUT2D eigenvalue weighted by Crippen LogP contribution is -2.55. The summed E-state index contributed by atoms with van der Waals surface area (Å²) in [6, 6.07) is 3.94. The van der Waals surface area contributed by atoms with E-state index in [-0.39, 0.29) is 41.4 Å². The van der Waals surface area contributed by atoms with Crippen LogP contribution >= 0.6 is 11.9 Å². The van der Waals surface area contributed by atoms with Crippen molar-refractivity contribution in [2.75, 3.05) is 13.1 Å². The van der Waals surface area contributed by atoms with E-state index in [1.54, 1.807) is 45.9 Å². The summed E-state index contributed by atoms with van der Waals surface area (Å²) in [7, 11) is 0. The van der Waals surface area contributed by atoms with Crippen molar-refractivity contribution in [3.8, 4) is 17.4 Å². The summed E-state index contributed by atoms with van der Waals surface area (Å²) in [5.41, 5.74) is -0.866. The molecule has 0 radical (unpaired) electrons. The number of unbranched alkanes of at least 4 members (excludes halogenated alkanes) is 4. The number of carbonyl (C=O) groups is 4. The number of phenols is 1. The lowest BCUT2D eigenvalue weighted by atomic mass is 10.1. The van der Waals surface area contributed by atoms with E-state index in [0.717, 1.165) is 38.5 Å². The predicted molar refractivity (Wildman–Crippen MR) is 213 cm³/mol. The van der Waals surface area contributed by atoms with Gasteiger partial charge in [0.2, 0.25) is 17.7 Å². The number of fused-ring (bicyclic) bond motifs is 1. The minimum absolute atomic E-state index is 0.00474. The van der Waals surface area contributed by atoms with Gasteiger partial charge in [0.25, 0.3) is 5.91 Å². The molecule has 14 heteroatoms. The summed E-state index contributed by atoms with van der Waals surface area (Å²) in [5.74, 6) is -0.627. The molecular formula is C41H59N5O8S. The van der Waals surface area contributed by atoms with Crippen LogP contribution in [0.15, 0.2) is 30.4 Å². The minimum Gasteiger partial charge on any atom is -0.508 e. The van der Waals surface area contributed by atoms with Gasteiger partial charge in [-0.1, -0.05) is 38.3 Å². The largest absolute Gasteiger partial charge is 0.508 e. The number of amides is 4. The number of ether oxygens (including phenoxy) is 3. The van der Waals surface area contributed by atoms with Crippen LogP contribution in [0.1, 0.15) is 112 Å². The number of aromatic nitrogens is 1. The number of nitrogens with one attached hydrogen (secondary N) is 3. The average Bonchev–Trinajstić information content (AvgIpc) is 3.97. The van der Waals surface area contributed by atoms with Crippen molar-refractivity contribution in [1.82, 2.24) is 25.2 Å². The first-order valence-corrected chi connectivity index (χ1v) is 20.5. The lowest BCUT2D eigenvalue weighted by Gasteiger charge is -2.27. The summed E-state index contributed by atoms with van der Waals surface area (Å²) >= 11 is 1.40. The van der Waals surface area contributed by atoms with Gasteiger partial charge in [-0.15, -0.1) is 0 Å². The molecule has 3 aliphatic rings. The zero-order chi connectivity index (χ0) is 40.1. The molecule has 2 heterocycles. The molecule has 2 saturated carbocycles. The maximum absolute atomic E-state index is 14.4. The Bertz CT molecular complexity index is 1770. The average molecular weight is 782 g/mol. The summed E-state index contributed by atoms with van der Waals surface area (Å²) in [5, 5.41) is 16.7. The van der Waals surface area contributed by atoms with E-state index in [2.05, 4.69) is 40.3 Å². The summed E-state index contributed by atoms with van der Waals surface area (Å²) in [6.45, 7) is 14.6. The number of rotatable bonds is 17. The molecule has 0 bridgehead atoms. The van der Waals surface area contributed by atoms with Crippen LogP contribution in [0.2, 0.25) is 0 Å². The molecule has 2 unspecified atom stereocenters.